The number of hydrogen-bond donors (Lipinski definition) is 0. The maximum Gasteiger partial charge on any atom is 0.435 e. The van der Waals surface area contributed by atoms with Crippen LogP contribution in [0.5, 0.6) is 0 Å². The largest absolute Gasteiger partial charge is 0.435 e. The molecule has 0 atom stereocenters. The normalized spacial score (nSPS) is 11.6. The van der Waals surface area contributed by atoms with Crippen LogP contribution in [0, 0.1) is 10.1 Å². The van der Waals surface area contributed by atoms with Crippen LogP contribution in [0.3, 0.4) is 0 Å². The number of nitro groups is 1. The van der Waals surface area contributed by atoms with Crippen LogP contribution < -0.4 is 0 Å². The average Bonchev–Trinajstić information content (AvgIpc) is 2.79. The van der Waals surface area contributed by atoms with E-state index in [2.05, 4.69) is 5.10 Å². The maximum absolute atomic E-state index is 12.4. The van der Waals surface area contributed by atoms with Crippen molar-refractivity contribution in [2.24, 2.45) is 0 Å². The first kappa shape index (κ1) is 14.3. The molecule has 0 aliphatic rings. The van der Waals surface area contributed by atoms with Crippen molar-refractivity contribution in [3.63, 3.8) is 0 Å². The van der Waals surface area contributed by atoms with Gasteiger partial charge in [-0.2, -0.15) is 18.3 Å². The summed E-state index contributed by atoms with van der Waals surface area (Å²) in [5, 5.41) is 14.3. The van der Waals surface area contributed by atoms with Gasteiger partial charge in [0.1, 0.15) is 0 Å². The van der Waals surface area contributed by atoms with Crippen molar-refractivity contribution in [3.05, 3.63) is 56.9 Å². The molecule has 0 bridgehead atoms. The van der Waals surface area contributed by atoms with E-state index in [1.54, 1.807) is 0 Å². The predicted octanol–water partition coefficient (Wildman–Crippen LogP) is 3.51. The molecule has 0 spiro atoms. The predicted molar refractivity (Wildman–Crippen MR) is 64.4 cm³/mol. The zero-order valence-corrected chi connectivity index (χ0v) is 10.5. The van der Waals surface area contributed by atoms with Crippen LogP contribution in [-0.4, -0.2) is 14.7 Å². The lowest BCUT2D eigenvalue weighted by molar-refractivity contribution is -0.385. The molecule has 1 aromatic carbocycles. The molecule has 0 radical (unpaired) electrons. The molecule has 1 heterocycles. The minimum atomic E-state index is -4.56. The fourth-order valence-corrected chi connectivity index (χ4v) is 1.87. The molecular weight excluding hydrogens is 299 g/mol. The third-order valence-electron chi connectivity index (χ3n) is 2.54. The van der Waals surface area contributed by atoms with Gasteiger partial charge in [-0.05, 0) is 12.1 Å². The molecule has 5 nitrogen and oxygen atoms in total. The highest BCUT2D eigenvalue weighted by Crippen LogP contribution is 2.29. The molecule has 0 aliphatic carbocycles. The van der Waals surface area contributed by atoms with Crippen LogP contribution in [0.4, 0.5) is 18.9 Å². The van der Waals surface area contributed by atoms with Crippen molar-refractivity contribution in [1.29, 1.82) is 0 Å². The van der Waals surface area contributed by atoms with E-state index in [9.17, 15) is 23.3 Å². The highest BCUT2D eigenvalue weighted by molar-refractivity contribution is 6.31. The van der Waals surface area contributed by atoms with Crippen LogP contribution in [0.15, 0.2) is 30.5 Å². The van der Waals surface area contributed by atoms with Gasteiger partial charge in [-0.15, -0.1) is 0 Å². The number of halogens is 4. The van der Waals surface area contributed by atoms with Crippen molar-refractivity contribution in [3.8, 4) is 0 Å². The highest BCUT2D eigenvalue weighted by Gasteiger charge is 2.33. The molecule has 1 aromatic heterocycles. The molecule has 0 unspecified atom stereocenters. The van der Waals surface area contributed by atoms with Crippen molar-refractivity contribution < 1.29 is 18.1 Å². The van der Waals surface area contributed by atoms with Gasteiger partial charge in [0.05, 0.1) is 22.1 Å². The highest BCUT2D eigenvalue weighted by atomic mass is 35.5. The zero-order chi connectivity index (χ0) is 14.9. The summed E-state index contributed by atoms with van der Waals surface area (Å²) < 4.78 is 38.2. The third kappa shape index (κ3) is 2.90. The van der Waals surface area contributed by atoms with E-state index in [1.165, 1.54) is 18.2 Å². The topological polar surface area (TPSA) is 61.0 Å². The summed E-state index contributed by atoms with van der Waals surface area (Å²) in [7, 11) is 0. The van der Waals surface area contributed by atoms with Crippen molar-refractivity contribution >= 4 is 17.3 Å². The Kier molecular flexibility index (Phi) is 3.67. The van der Waals surface area contributed by atoms with Crippen LogP contribution in [0.25, 0.3) is 0 Å². The molecule has 0 N–H and O–H groups in total. The summed E-state index contributed by atoms with van der Waals surface area (Å²) in [5.74, 6) is 0. The lowest BCUT2D eigenvalue weighted by Crippen LogP contribution is -2.09. The summed E-state index contributed by atoms with van der Waals surface area (Å²) in [4.78, 5) is 10.2. The first-order valence-corrected chi connectivity index (χ1v) is 5.69. The number of hydrogen-bond acceptors (Lipinski definition) is 3. The van der Waals surface area contributed by atoms with Gasteiger partial charge in [-0.3, -0.25) is 14.8 Å². The van der Waals surface area contributed by atoms with Crippen LogP contribution in [-0.2, 0) is 12.7 Å². The zero-order valence-electron chi connectivity index (χ0n) is 9.76. The van der Waals surface area contributed by atoms with E-state index in [0.717, 1.165) is 16.9 Å². The molecule has 0 amide bonds. The number of nitrogens with zero attached hydrogens (tertiary/aromatic N) is 3. The molecule has 0 saturated carbocycles. The third-order valence-corrected chi connectivity index (χ3v) is 2.90. The molecule has 9 heteroatoms. The van der Waals surface area contributed by atoms with E-state index in [4.69, 9.17) is 11.6 Å². The number of nitro benzene ring substituents is 1. The van der Waals surface area contributed by atoms with Crippen molar-refractivity contribution in [2.75, 3.05) is 0 Å². The van der Waals surface area contributed by atoms with Gasteiger partial charge in [0.25, 0.3) is 5.69 Å². The molecule has 0 fully saturated rings. The smallest absolute Gasteiger partial charge is 0.267 e. The Morgan fingerprint density at radius 1 is 1.35 bits per heavy atom. The van der Waals surface area contributed by atoms with Gasteiger partial charge < -0.3 is 0 Å². The van der Waals surface area contributed by atoms with Crippen molar-refractivity contribution in [2.45, 2.75) is 12.7 Å². The van der Waals surface area contributed by atoms with Crippen LogP contribution in [0.2, 0.25) is 5.02 Å². The standard InChI is InChI=1S/C11H7ClF3N3O2/c12-8-2-1-3-9(18(19)20)7(8)6-17-5-4-10(16-17)11(13,14)15/h1-5H,6H2. The van der Waals surface area contributed by atoms with Gasteiger partial charge in [0, 0.05) is 12.3 Å². The van der Waals surface area contributed by atoms with E-state index in [0.29, 0.717) is 0 Å². The summed E-state index contributed by atoms with van der Waals surface area (Å²) in [6.07, 6.45) is -3.46. The Bertz CT molecular complexity index is 655. The second kappa shape index (κ2) is 5.12. The Hall–Kier alpha value is -2.09. The van der Waals surface area contributed by atoms with E-state index in [-0.39, 0.29) is 22.8 Å². The summed E-state index contributed by atoms with van der Waals surface area (Å²) in [6, 6.07) is 4.85. The summed E-state index contributed by atoms with van der Waals surface area (Å²) in [5.41, 5.74) is -1.22. The SMILES string of the molecule is O=[N+]([O-])c1cccc(Cl)c1Cn1ccc(C(F)(F)F)n1. The fourth-order valence-electron chi connectivity index (χ4n) is 1.64. The molecular formula is C11H7ClF3N3O2. The second-order valence-corrected chi connectivity index (χ2v) is 4.30. The average molecular weight is 306 g/mol. The Morgan fingerprint density at radius 3 is 2.60 bits per heavy atom. The van der Waals surface area contributed by atoms with Crippen molar-refractivity contribution in [1.82, 2.24) is 9.78 Å². The second-order valence-electron chi connectivity index (χ2n) is 3.89. The Morgan fingerprint density at radius 2 is 2.05 bits per heavy atom. The van der Waals surface area contributed by atoms with Crippen LogP contribution in [0.1, 0.15) is 11.3 Å². The first-order chi connectivity index (χ1) is 9.29. The van der Waals surface area contributed by atoms with Crippen LogP contribution >= 0.6 is 11.6 Å². The summed E-state index contributed by atoms with van der Waals surface area (Å²) >= 11 is 5.85. The number of aromatic nitrogens is 2. The quantitative estimate of drug-likeness (QED) is 0.644. The van der Waals surface area contributed by atoms with E-state index in [1.807, 2.05) is 0 Å². The molecule has 20 heavy (non-hydrogen) atoms. The number of benzene rings is 1. The Labute approximate surface area is 115 Å². The van der Waals surface area contributed by atoms with Gasteiger partial charge in [0.2, 0.25) is 0 Å². The van der Waals surface area contributed by atoms with Gasteiger partial charge in [-0.1, -0.05) is 17.7 Å². The lowest BCUT2D eigenvalue weighted by Gasteiger charge is -2.06. The minimum absolute atomic E-state index is 0.100. The fraction of sp³-hybridized carbons (Fsp3) is 0.182. The van der Waals surface area contributed by atoms with Gasteiger partial charge in [-0.25, -0.2) is 0 Å². The first-order valence-electron chi connectivity index (χ1n) is 5.31. The van der Waals surface area contributed by atoms with Gasteiger partial charge >= 0.3 is 6.18 Å². The maximum atomic E-state index is 12.4. The van der Waals surface area contributed by atoms with Gasteiger partial charge in [0.15, 0.2) is 5.69 Å². The molecule has 0 aliphatic heterocycles. The minimum Gasteiger partial charge on any atom is -0.267 e. The molecule has 2 aromatic rings. The monoisotopic (exact) mass is 305 g/mol. The number of alkyl halides is 3. The summed E-state index contributed by atoms with van der Waals surface area (Å²) in [6.45, 7) is -0.216. The number of rotatable bonds is 3. The molecule has 0 saturated heterocycles. The lowest BCUT2D eigenvalue weighted by atomic mass is 10.2. The van der Waals surface area contributed by atoms with E-state index >= 15 is 0 Å². The van der Waals surface area contributed by atoms with E-state index < -0.39 is 16.8 Å². The Balaban J connectivity index is 2.35. The molecule has 106 valence electrons. The molecule has 2 rings (SSSR count).